The number of aliphatic carboxylic acids is 1. The number of hydrogen-bond acceptors (Lipinski definition) is 17. The van der Waals surface area contributed by atoms with Crippen molar-refractivity contribution in [3.05, 3.63) is 71.8 Å². The number of carboxylic acids is 1. The highest BCUT2D eigenvalue weighted by Gasteiger charge is 2.37. The summed E-state index contributed by atoms with van der Waals surface area (Å²) in [7, 11) is 0. The third kappa shape index (κ3) is 23.9. The number of carbonyl (C=O) groups excluding carboxylic acids is 12. The third-order valence-electron chi connectivity index (χ3n) is 13.0. The van der Waals surface area contributed by atoms with Gasteiger partial charge in [-0.15, -0.1) is 0 Å². The molecule has 0 aliphatic carbocycles. The molecule has 20 N–H and O–H groups in total. The Morgan fingerprint density at radius 1 is 0.451 bits per heavy atom. The molecule has 0 aliphatic heterocycles. The van der Waals surface area contributed by atoms with Crippen molar-refractivity contribution < 1.29 is 77.6 Å². The Morgan fingerprint density at radius 3 is 1.18 bits per heavy atom. The number of nitrogens with one attached hydrogen (secondary N) is 9. The molecule has 12 atom stereocenters. The van der Waals surface area contributed by atoms with E-state index in [0.29, 0.717) is 17.5 Å². The van der Waals surface area contributed by atoms with Gasteiger partial charge in [0, 0.05) is 25.0 Å². The van der Waals surface area contributed by atoms with Gasteiger partial charge < -0.3 is 86.1 Å². The van der Waals surface area contributed by atoms with E-state index in [9.17, 15) is 77.6 Å². The summed E-state index contributed by atoms with van der Waals surface area (Å²) < 4.78 is 0. The van der Waals surface area contributed by atoms with Crippen LogP contribution in [0.2, 0.25) is 0 Å². The zero-order valence-corrected chi connectivity index (χ0v) is 46.8. The Bertz CT molecular complexity index is 2550. The molecule has 82 heavy (non-hydrogen) atoms. The number of carbonyl (C=O) groups is 13. The predicted molar refractivity (Wildman–Crippen MR) is 296 cm³/mol. The van der Waals surface area contributed by atoms with Crippen LogP contribution in [-0.4, -0.2) is 172 Å². The maximum absolute atomic E-state index is 14.2. The molecule has 2 rings (SSSR count). The standard InChI is InChI=1S/C52H77N13O16S/c1-5-26(3)41(64-49(77)36(24-67)61-43(71)30(53)17-18-38(54)68)51(79)60-32(20-29-15-11-8-12-16-29)44(72)62-35(23-66)48(76)57-31(19-28-13-9-7-10-14-28)45(73)63-37(25-82)50(78)59-33(21-39(55)69)46(74)58-34(22-40(56)70)47(75)65-42(52(80)81)27(4)6-2/h7-16,26-27,30-37,41-42,66-67,82H,5-6,17-25,53H2,1-4H3,(H2,54,68)(H2,55,69)(H2,56,70)(H,57,76)(H,58,74)(H,59,78)(H,60,79)(H,61,71)(H,62,72)(H,63,73)(H,64,77)(H,65,75)(H,80,81)/t26-,27-,30-,31-,32-,33-,34-,35-,36-,37-,41-,42-/m0/s1. The molecule has 12 amide bonds. The van der Waals surface area contributed by atoms with Crippen molar-refractivity contribution in [2.75, 3.05) is 19.0 Å². The Labute approximate surface area is 478 Å². The number of carboxylic acid groups (broad SMARTS) is 1. The molecule has 0 unspecified atom stereocenters. The molecule has 29 nitrogen and oxygen atoms in total. The first-order valence-electron chi connectivity index (χ1n) is 26.2. The molecule has 0 saturated heterocycles. The largest absolute Gasteiger partial charge is 0.480 e. The lowest BCUT2D eigenvalue weighted by Crippen LogP contribution is -2.62. The van der Waals surface area contributed by atoms with Gasteiger partial charge in [-0.1, -0.05) is 101 Å². The van der Waals surface area contributed by atoms with E-state index in [4.69, 9.17) is 22.9 Å². The minimum Gasteiger partial charge on any atom is -0.480 e. The topological polar surface area (TPSA) is 495 Å². The number of primary amides is 3. The number of amides is 12. The number of hydrogen-bond donors (Lipinski definition) is 17. The van der Waals surface area contributed by atoms with Gasteiger partial charge in [-0.25, -0.2) is 4.79 Å². The van der Waals surface area contributed by atoms with Crippen LogP contribution < -0.4 is 70.8 Å². The summed E-state index contributed by atoms with van der Waals surface area (Å²) in [4.78, 5) is 171. The third-order valence-corrected chi connectivity index (χ3v) is 13.3. The van der Waals surface area contributed by atoms with Gasteiger partial charge in [-0.3, -0.25) is 57.5 Å². The molecule has 2 aromatic rings. The van der Waals surface area contributed by atoms with Gasteiger partial charge in [0.2, 0.25) is 70.9 Å². The molecule has 0 radical (unpaired) electrons. The summed E-state index contributed by atoms with van der Waals surface area (Å²) in [5.41, 5.74) is 22.6. The SMILES string of the molecule is CC[C@H](C)[C@H](NC(=O)[C@H](CC(N)=O)NC(=O)[C@H](CC(N)=O)NC(=O)[C@H](CS)NC(=O)[C@H](Cc1ccccc1)NC(=O)[C@H](CO)NC(=O)[C@H](Cc1ccccc1)NC(=O)[C@@H](NC(=O)[C@H](CO)NC(=O)[C@@H](N)CCC(N)=O)[C@@H](C)CC)C(=O)O. The lowest BCUT2D eigenvalue weighted by molar-refractivity contribution is -0.144. The van der Waals surface area contributed by atoms with E-state index >= 15 is 0 Å². The molecule has 30 heteroatoms. The second-order valence-corrected chi connectivity index (χ2v) is 19.8. The molecule has 0 fully saturated rings. The van der Waals surface area contributed by atoms with E-state index in [-0.39, 0.29) is 32.1 Å². The molecule has 0 bridgehead atoms. The fourth-order valence-electron chi connectivity index (χ4n) is 7.74. The van der Waals surface area contributed by atoms with Gasteiger partial charge in [0.25, 0.3) is 0 Å². The molecule has 0 spiro atoms. The smallest absolute Gasteiger partial charge is 0.326 e. The second kappa shape index (κ2) is 35.5. The van der Waals surface area contributed by atoms with Crippen LogP contribution >= 0.6 is 12.6 Å². The van der Waals surface area contributed by atoms with Crippen LogP contribution in [0, 0.1) is 11.8 Å². The first kappa shape index (κ1) is 69.9. The maximum atomic E-state index is 14.2. The summed E-state index contributed by atoms with van der Waals surface area (Å²) in [6, 6.07) is 0.430. The van der Waals surface area contributed by atoms with E-state index in [2.05, 4.69) is 60.5 Å². The normalized spacial score (nSPS) is 15.4. The zero-order chi connectivity index (χ0) is 61.8. The van der Waals surface area contributed by atoms with Gasteiger partial charge in [0.05, 0.1) is 32.1 Å². The minimum atomic E-state index is -1.87. The van der Waals surface area contributed by atoms with Crippen LogP contribution in [0.25, 0.3) is 0 Å². The first-order chi connectivity index (χ1) is 38.7. The Balaban J connectivity index is 2.42. The van der Waals surface area contributed by atoms with Crippen LogP contribution in [0.15, 0.2) is 60.7 Å². The Kier molecular flexibility index (Phi) is 30.3. The first-order valence-corrected chi connectivity index (χ1v) is 26.8. The van der Waals surface area contributed by atoms with Crippen LogP contribution in [-0.2, 0) is 75.2 Å². The predicted octanol–water partition coefficient (Wildman–Crippen LogP) is -5.73. The van der Waals surface area contributed by atoms with Gasteiger partial charge in [-0.05, 0) is 29.4 Å². The summed E-state index contributed by atoms with van der Waals surface area (Å²) in [5, 5.41) is 51.5. The van der Waals surface area contributed by atoms with E-state index < -0.39 is 181 Å². The van der Waals surface area contributed by atoms with Crippen LogP contribution in [0.4, 0.5) is 0 Å². The number of benzene rings is 2. The molecule has 0 aliphatic rings. The fraction of sp³-hybridized carbons (Fsp3) is 0.519. The average Bonchev–Trinajstić information content (AvgIpc) is 3.46. The summed E-state index contributed by atoms with van der Waals surface area (Å²) in [6.45, 7) is 4.51. The van der Waals surface area contributed by atoms with Crippen molar-refractivity contribution in [3.8, 4) is 0 Å². The Hall–Kier alpha value is -8.22. The van der Waals surface area contributed by atoms with Gasteiger partial charge in [0.15, 0.2) is 0 Å². The van der Waals surface area contributed by atoms with Crippen molar-refractivity contribution in [2.24, 2.45) is 34.8 Å². The molecule has 0 heterocycles. The molecule has 452 valence electrons. The zero-order valence-electron chi connectivity index (χ0n) is 45.9. The van der Waals surface area contributed by atoms with Gasteiger partial charge in [0.1, 0.15) is 54.4 Å². The van der Waals surface area contributed by atoms with E-state index in [0.717, 1.165) is 0 Å². The highest BCUT2D eigenvalue weighted by Crippen LogP contribution is 2.13. The summed E-state index contributed by atoms with van der Waals surface area (Å²) in [6.07, 6.45) is -1.99. The number of aliphatic hydroxyl groups excluding tert-OH is 2. The Morgan fingerprint density at radius 2 is 0.780 bits per heavy atom. The fourth-order valence-corrected chi connectivity index (χ4v) is 8.00. The lowest BCUT2D eigenvalue weighted by atomic mass is 9.96. The summed E-state index contributed by atoms with van der Waals surface area (Å²) >= 11 is 4.18. The number of thiol groups is 1. The molecule has 0 aromatic heterocycles. The quantitative estimate of drug-likeness (QED) is 0.0280. The van der Waals surface area contributed by atoms with Crippen LogP contribution in [0.1, 0.15) is 77.3 Å². The molecular formula is C52H77N13O16S. The monoisotopic (exact) mass is 1170 g/mol. The van der Waals surface area contributed by atoms with Gasteiger partial charge >= 0.3 is 5.97 Å². The number of rotatable bonds is 37. The van der Waals surface area contributed by atoms with E-state index in [1.54, 1.807) is 81.4 Å². The molecule has 0 saturated carbocycles. The van der Waals surface area contributed by atoms with E-state index in [1.807, 2.05) is 0 Å². The minimum absolute atomic E-state index is 0.160. The van der Waals surface area contributed by atoms with Crippen LogP contribution in [0.5, 0.6) is 0 Å². The number of nitrogens with two attached hydrogens (primary N) is 4. The maximum Gasteiger partial charge on any atom is 0.326 e. The van der Waals surface area contributed by atoms with E-state index in [1.165, 1.54) is 6.92 Å². The average molecular weight is 1170 g/mol. The van der Waals surface area contributed by atoms with Crippen LogP contribution in [0.3, 0.4) is 0 Å². The molecular weight excluding hydrogens is 1090 g/mol. The van der Waals surface area contributed by atoms with Crippen molar-refractivity contribution in [1.82, 2.24) is 47.9 Å². The van der Waals surface area contributed by atoms with Crippen molar-refractivity contribution in [1.29, 1.82) is 0 Å². The van der Waals surface area contributed by atoms with Crippen molar-refractivity contribution in [3.63, 3.8) is 0 Å². The number of aliphatic hydroxyl groups is 2. The lowest BCUT2D eigenvalue weighted by Gasteiger charge is -2.29. The highest BCUT2D eigenvalue weighted by molar-refractivity contribution is 7.80. The van der Waals surface area contributed by atoms with Gasteiger partial charge in [-0.2, -0.15) is 12.6 Å². The second-order valence-electron chi connectivity index (χ2n) is 19.4. The molecule has 2 aromatic carbocycles. The highest BCUT2D eigenvalue weighted by atomic mass is 32.1. The summed E-state index contributed by atoms with van der Waals surface area (Å²) in [5.74, 6) is -15.6. The van der Waals surface area contributed by atoms with Crippen molar-refractivity contribution >= 4 is 89.5 Å². The van der Waals surface area contributed by atoms with Crippen molar-refractivity contribution in [2.45, 2.75) is 139 Å².